The molecule has 23 heavy (non-hydrogen) atoms. The Morgan fingerprint density at radius 3 is 2.52 bits per heavy atom. The first-order valence-electron chi connectivity index (χ1n) is 6.70. The van der Waals surface area contributed by atoms with E-state index in [0.29, 0.717) is 22.6 Å². The van der Waals surface area contributed by atoms with Gasteiger partial charge in [-0.15, -0.1) is 4.91 Å². The van der Waals surface area contributed by atoms with Crippen molar-refractivity contribution in [2.45, 2.75) is 0 Å². The molecule has 0 aromatic heterocycles. The van der Waals surface area contributed by atoms with Crippen LogP contribution in [0.2, 0.25) is 0 Å². The predicted molar refractivity (Wildman–Crippen MR) is 86.5 cm³/mol. The van der Waals surface area contributed by atoms with Crippen LogP contribution < -0.4 is 9.47 Å². The van der Waals surface area contributed by atoms with Gasteiger partial charge in [0.2, 0.25) is 0 Å². The Hall–Kier alpha value is -3.15. The van der Waals surface area contributed by atoms with Gasteiger partial charge in [0.05, 0.1) is 19.8 Å². The number of hydrogen-bond donors (Lipinski definition) is 1. The summed E-state index contributed by atoms with van der Waals surface area (Å²) >= 11 is 0. The number of aromatic hydroxyl groups is 1. The number of methoxy groups -OCH3 is 2. The van der Waals surface area contributed by atoms with Gasteiger partial charge in [0.25, 0.3) is 0 Å². The fourth-order valence-electron chi connectivity index (χ4n) is 1.99. The van der Waals surface area contributed by atoms with Crippen molar-refractivity contribution in [2.75, 3.05) is 14.2 Å². The number of ketones is 1. The number of hydrogen-bond acceptors (Lipinski definition) is 6. The topological polar surface area (TPSA) is 85.2 Å². The van der Waals surface area contributed by atoms with E-state index in [1.165, 1.54) is 38.5 Å². The molecular formula is C17H15NO5. The van der Waals surface area contributed by atoms with Crippen LogP contribution >= 0.6 is 0 Å². The summed E-state index contributed by atoms with van der Waals surface area (Å²) in [6, 6.07) is 9.23. The lowest BCUT2D eigenvalue weighted by Crippen LogP contribution is -1.99. The quantitative estimate of drug-likeness (QED) is 0.499. The highest BCUT2D eigenvalue weighted by Crippen LogP contribution is 2.28. The predicted octanol–water partition coefficient (Wildman–Crippen LogP) is 3.70. The molecule has 0 spiro atoms. The molecule has 0 bridgehead atoms. The van der Waals surface area contributed by atoms with Gasteiger partial charge in [-0.25, -0.2) is 0 Å². The van der Waals surface area contributed by atoms with Crippen LogP contribution in [-0.2, 0) is 0 Å². The highest BCUT2D eigenvalue weighted by Gasteiger charge is 2.11. The molecule has 0 aliphatic heterocycles. The Morgan fingerprint density at radius 2 is 1.91 bits per heavy atom. The molecule has 2 aromatic rings. The molecule has 6 heteroatoms. The Balaban J connectivity index is 2.27. The van der Waals surface area contributed by atoms with Crippen molar-refractivity contribution < 1.29 is 19.4 Å². The minimum absolute atomic E-state index is 0.0528. The van der Waals surface area contributed by atoms with E-state index >= 15 is 0 Å². The minimum atomic E-state index is -0.280. The number of phenols is 1. The van der Waals surface area contributed by atoms with Crippen LogP contribution in [0.25, 0.3) is 6.08 Å². The van der Waals surface area contributed by atoms with E-state index in [-0.39, 0.29) is 17.2 Å². The van der Waals surface area contributed by atoms with Crippen molar-refractivity contribution in [3.63, 3.8) is 0 Å². The van der Waals surface area contributed by atoms with Gasteiger partial charge in [-0.2, -0.15) is 0 Å². The first kappa shape index (κ1) is 16.2. The molecule has 0 saturated carbocycles. The molecule has 0 aliphatic rings. The molecule has 118 valence electrons. The highest BCUT2D eigenvalue weighted by atomic mass is 16.5. The summed E-state index contributed by atoms with van der Waals surface area (Å²) in [6.07, 6.45) is 2.87. The average molecular weight is 313 g/mol. The van der Waals surface area contributed by atoms with Gasteiger partial charge >= 0.3 is 0 Å². The van der Waals surface area contributed by atoms with Gasteiger partial charge < -0.3 is 14.6 Å². The van der Waals surface area contributed by atoms with Crippen LogP contribution in [0.5, 0.6) is 17.2 Å². The average Bonchev–Trinajstić information content (AvgIpc) is 2.59. The van der Waals surface area contributed by atoms with Crippen LogP contribution in [0.4, 0.5) is 5.69 Å². The largest absolute Gasteiger partial charge is 0.506 e. The summed E-state index contributed by atoms with van der Waals surface area (Å²) in [4.78, 5) is 22.7. The van der Waals surface area contributed by atoms with Gasteiger partial charge in [-0.3, -0.25) is 4.79 Å². The molecule has 6 nitrogen and oxygen atoms in total. The Bertz CT molecular complexity index is 768. The zero-order chi connectivity index (χ0) is 16.8. The van der Waals surface area contributed by atoms with Gasteiger partial charge in [-0.05, 0) is 47.1 Å². The second kappa shape index (κ2) is 7.22. The third-order valence-corrected chi connectivity index (χ3v) is 3.20. The second-order valence-corrected chi connectivity index (χ2v) is 4.60. The second-order valence-electron chi connectivity index (χ2n) is 4.60. The van der Waals surface area contributed by atoms with Crippen molar-refractivity contribution in [1.29, 1.82) is 0 Å². The molecule has 0 fully saturated rings. The molecule has 0 saturated heterocycles. The Morgan fingerprint density at radius 1 is 1.13 bits per heavy atom. The fraction of sp³-hybridized carbons (Fsp3) is 0.118. The van der Waals surface area contributed by atoms with E-state index in [1.807, 2.05) is 0 Å². The van der Waals surface area contributed by atoms with Gasteiger partial charge in [0, 0.05) is 0 Å². The van der Waals surface area contributed by atoms with Crippen LogP contribution in [0.15, 0.2) is 47.7 Å². The van der Waals surface area contributed by atoms with Crippen molar-refractivity contribution in [3.8, 4) is 17.2 Å². The van der Waals surface area contributed by atoms with Crippen molar-refractivity contribution in [3.05, 3.63) is 58.5 Å². The number of nitrogens with zero attached hydrogens (tertiary/aromatic N) is 1. The maximum absolute atomic E-state index is 12.3. The highest BCUT2D eigenvalue weighted by molar-refractivity contribution is 6.08. The van der Waals surface area contributed by atoms with Crippen molar-refractivity contribution >= 4 is 17.5 Å². The Labute approximate surface area is 133 Å². The molecular weight excluding hydrogens is 298 g/mol. The van der Waals surface area contributed by atoms with Gasteiger partial charge in [0.15, 0.2) is 5.78 Å². The van der Waals surface area contributed by atoms with Gasteiger partial charge in [-0.1, -0.05) is 12.1 Å². The maximum atomic E-state index is 12.3. The third-order valence-electron chi connectivity index (χ3n) is 3.20. The number of allylic oxidation sites excluding steroid dienone is 1. The molecule has 0 atom stereocenters. The van der Waals surface area contributed by atoms with E-state index < -0.39 is 0 Å². The standard InChI is InChI=1S/C17H15NO5/c1-22-12-5-8-17(23-2)13(10-12)15(19)7-4-11-3-6-14(18-21)16(20)9-11/h3-10,20H,1-2H3/b7-4+. The lowest BCUT2D eigenvalue weighted by atomic mass is 10.1. The van der Waals surface area contributed by atoms with E-state index in [2.05, 4.69) is 5.18 Å². The first-order chi connectivity index (χ1) is 11.1. The zero-order valence-corrected chi connectivity index (χ0v) is 12.6. The first-order valence-corrected chi connectivity index (χ1v) is 6.70. The molecule has 1 N–H and O–H groups in total. The summed E-state index contributed by atoms with van der Waals surface area (Å²) in [5.41, 5.74) is 0.867. The number of ether oxygens (including phenoxy) is 2. The number of carbonyl (C=O) groups is 1. The summed E-state index contributed by atoms with van der Waals surface area (Å²) in [5, 5.41) is 12.2. The molecule has 0 amide bonds. The monoisotopic (exact) mass is 313 g/mol. The summed E-state index contributed by atoms with van der Waals surface area (Å²) in [5.74, 6) is 0.455. The lowest BCUT2D eigenvalue weighted by molar-refractivity contribution is 0.104. The summed E-state index contributed by atoms with van der Waals surface area (Å²) < 4.78 is 10.3. The van der Waals surface area contributed by atoms with Crippen molar-refractivity contribution in [1.82, 2.24) is 0 Å². The number of rotatable bonds is 6. The Kier molecular flexibility index (Phi) is 5.09. The fourth-order valence-corrected chi connectivity index (χ4v) is 1.99. The normalized spacial score (nSPS) is 10.5. The number of nitroso groups, excluding NO2 is 1. The summed E-state index contributed by atoms with van der Waals surface area (Å²) in [7, 11) is 2.99. The smallest absolute Gasteiger partial charge is 0.189 e. The van der Waals surface area contributed by atoms with E-state index in [4.69, 9.17) is 9.47 Å². The summed E-state index contributed by atoms with van der Waals surface area (Å²) in [6.45, 7) is 0. The van der Waals surface area contributed by atoms with E-state index in [1.54, 1.807) is 24.3 Å². The van der Waals surface area contributed by atoms with Crippen LogP contribution in [0, 0.1) is 4.91 Å². The van der Waals surface area contributed by atoms with Crippen LogP contribution in [0.3, 0.4) is 0 Å². The number of benzene rings is 2. The van der Waals surface area contributed by atoms with Crippen LogP contribution in [-0.4, -0.2) is 25.1 Å². The van der Waals surface area contributed by atoms with Gasteiger partial charge in [0.1, 0.15) is 22.9 Å². The van der Waals surface area contributed by atoms with E-state index in [9.17, 15) is 14.8 Å². The lowest BCUT2D eigenvalue weighted by Gasteiger charge is -2.07. The molecule has 0 radical (unpaired) electrons. The minimum Gasteiger partial charge on any atom is -0.506 e. The zero-order valence-electron chi connectivity index (χ0n) is 12.6. The SMILES string of the molecule is COc1ccc(OC)c(C(=O)/C=C/c2ccc(N=O)c(O)c2)c1. The molecule has 0 heterocycles. The molecule has 0 unspecified atom stereocenters. The van der Waals surface area contributed by atoms with Crippen LogP contribution in [0.1, 0.15) is 15.9 Å². The number of phenolic OH excluding ortho intramolecular Hbond substituents is 1. The molecule has 2 rings (SSSR count). The molecule has 2 aromatic carbocycles. The maximum Gasteiger partial charge on any atom is 0.189 e. The van der Waals surface area contributed by atoms with E-state index in [0.717, 1.165) is 0 Å². The molecule has 0 aliphatic carbocycles. The number of carbonyl (C=O) groups excluding carboxylic acids is 1. The third kappa shape index (κ3) is 3.74. The van der Waals surface area contributed by atoms with Crippen molar-refractivity contribution in [2.24, 2.45) is 5.18 Å².